The molecule has 0 aromatic heterocycles. The van der Waals surface area contributed by atoms with E-state index in [1.165, 1.54) is 10.8 Å². The van der Waals surface area contributed by atoms with Crippen molar-refractivity contribution >= 4 is 31.4 Å². The maximum Gasteiger partial charge on any atom is 0.394 e. The second-order valence-electron chi connectivity index (χ2n) is 1.78. The van der Waals surface area contributed by atoms with Crippen molar-refractivity contribution in [2.75, 3.05) is 11.5 Å². The smallest absolute Gasteiger partial charge is 0.394 e. The van der Waals surface area contributed by atoms with Gasteiger partial charge in [-0.05, 0) is 6.08 Å². The van der Waals surface area contributed by atoms with Gasteiger partial charge in [0.15, 0.2) is 0 Å². The Hall–Kier alpha value is -0.0700. The van der Waals surface area contributed by atoms with Crippen LogP contribution in [-0.2, 0) is 20.6 Å². The van der Waals surface area contributed by atoms with Crippen molar-refractivity contribution < 1.29 is 22.1 Å². The van der Waals surface area contributed by atoms with E-state index in [1.807, 2.05) is 0 Å². The number of rotatable bonds is 5. The molecular weight excluding hydrogens is 276 g/mol. The molecule has 100 valence electrons. The van der Waals surface area contributed by atoms with Gasteiger partial charge in [0.2, 0.25) is 0 Å². The van der Waals surface area contributed by atoms with Gasteiger partial charge in [-0.2, -0.15) is 8.42 Å². The van der Waals surface area contributed by atoms with Crippen LogP contribution in [0.2, 0.25) is 0 Å². The molecule has 0 heterocycles. The quantitative estimate of drug-likeness (QED) is 0.255. The molecule has 0 rings (SSSR count). The highest BCUT2D eigenvalue weighted by molar-refractivity contribution is 8.72. The first-order valence-electron chi connectivity index (χ1n) is 3.24. The lowest BCUT2D eigenvalue weighted by molar-refractivity contribution is 0.381. The topological polar surface area (TPSA) is 168 Å². The zero-order chi connectivity index (χ0) is 11.6. The minimum Gasteiger partial charge on any atom is -0.605 e. The van der Waals surface area contributed by atoms with E-state index in [1.54, 1.807) is 12.2 Å². The first-order chi connectivity index (χ1) is 6.31. The molecule has 0 radical (unpaired) electrons. The van der Waals surface area contributed by atoms with E-state index < -0.39 is 20.6 Å². The van der Waals surface area contributed by atoms with Crippen LogP contribution in [0, 0.1) is 0 Å². The van der Waals surface area contributed by atoms with E-state index in [0.29, 0.717) is 5.75 Å². The maximum atomic E-state index is 10.8. The maximum absolute atomic E-state index is 10.8. The van der Waals surface area contributed by atoms with E-state index in [-0.39, 0.29) is 12.3 Å². The van der Waals surface area contributed by atoms with E-state index in [9.17, 15) is 4.55 Å². The van der Waals surface area contributed by atoms with E-state index in [0.717, 1.165) is 5.75 Å². The second-order valence-corrected chi connectivity index (χ2v) is 6.01. The second kappa shape index (κ2) is 14.9. The van der Waals surface area contributed by atoms with Crippen molar-refractivity contribution in [3.05, 3.63) is 25.3 Å². The van der Waals surface area contributed by atoms with Crippen LogP contribution in [-0.4, -0.2) is 33.6 Å². The van der Waals surface area contributed by atoms with Crippen molar-refractivity contribution in [2.45, 2.75) is 0 Å². The molecule has 0 amide bonds. The van der Waals surface area contributed by atoms with E-state index in [2.05, 4.69) is 13.2 Å². The van der Waals surface area contributed by atoms with Crippen molar-refractivity contribution in [1.82, 2.24) is 12.3 Å². The van der Waals surface area contributed by atoms with Crippen LogP contribution >= 0.6 is 10.8 Å². The third-order valence-corrected chi connectivity index (χ3v) is 3.32. The van der Waals surface area contributed by atoms with Crippen LogP contribution in [0.15, 0.2) is 25.3 Å². The summed E-state index contributed by atoms with van der Waals surface area (Å²) in [7, 11) is -4.08. The Morgan fingerprint density at radius 3 is 1.88 bits per heavy atom. The molecule has 0 aliphatic rings. The normalized spacial score (nSPS) is 10.7. The Bertz CT molecular complexity index is 249. The predicted octanol–water partition coefficient (Wildman–Crippen LogP) is 1.43. The average Bonchev–Trinajstić information content (AvgIpc) is 1.98. The molecule has 0 fully saturated rings. The summed E-state index contributed by atoms with van der Waals surface area (Å²) in [5.74, 6) is 1.32. The zero-order valence-electron chi connectivity index (χ0n) is 8.74. The van der Waals surface area contributed by atoms with Crippen molar-refractivity contribution in [1.29, 1.82) is 0 Å². The minimum absolute atomic E-state index is 0. The van der Waals surface area contributed by atoms with Gasteiger partial charge >= 0.3 is 10.4 Å². The molecule has 16 heavy (non-hydrogen) atoms. The van der Waals surface area contributed by atoms with Crippen LogP contribution in [0.1, 0.15) is 0 Å². The summed E-state index contributed by atoms with van der Waals surface area (Å²) in [5.41, 5.74) is 0. The molecule has 0 aromatic carbocycles. The van der Waals surface area contributed by atoms with Gasteiger partial charge in [-0.1, -0.05) is 12.7 Å². The van der Waals surface area contributed by atoms with Gasteiger partial charge in [0.1, 0.15) is 5.75 Å². The third kappa shape index (κ3) is 48.5. The average molecular weight is 294 g/mol. The van der Waals surface area contributed by atoms with Crippen LogP contribution in [0.25, 0.3) is 0 Å². The lowest BCUT2D eigenvalue weighted by Gasteiger charge is -2.02. The Kier molecular flexibility index (Phi) is 23.3. The summed E-state index contributed by atoms with van der Waals surface area (Å²) >= 11 is 0. The van der Waals surface area contributed by atoms with Gasteiger partial charge in [-0.15, -0.1) is 6.58 Å². The Labute approximate surface area is 103 Å². The van der Waals surface area contributed by atoms with Gasteiger partial charge in [0.05, 0.1) is 16.5 Å². The van der Waals surface area contributed by atoms with Gasteiger partial charge in [-0.3, -0.25) is 9.11 Å². The lowest BCUT2D eigenvalue weighted by atomic mass is 10.8. The fourth-order valence-corrected chi connectivity index (χ4v) is 2.13. The third-order valence-electron chi connectivity index (χ3n) is 0.571. The summed E-state index contributed by atoms with van der Waals surface area (Å²) in [6.45, 7) is 6.99. The fraction of sp³-hybridized carbons (Fsp3) is 0.333. The van der Waals surface area contributed by atoms with Crippen LogP contribution < -0.4 is 12.3 Å². The molecule has 0 saturated heterocycles. The molecule has 0 spiro atoms. The molecule has 0 aliphatic carbocycles. The summed E-state index contributed by atoms with van der Waals surface area (Å²) in [4.78, 5) is 0. The molecule has 0 aliphatic heterocycles. The number of hydrogen-bond donors (Lipinski definition) is 4. The first kappa shape index (κ1) is 24.9. The minimum atomic E-state index is -4.67. The largest absolute Gasteiger partial charge is 0.605 e. The molecule has 8 N–H and O–H groups in total. The summed E-state index contributed by atoms with van der Waals surface area (Å²) < 4.78 is 42.3. The summed E-state index contributed by atoms with van der Waals surface area (Å²) in [6, 6.07) is 0. The van der Waals surface area contributed by atoms with Crippen molar-refractivity contribution in [2.24, 2.45) is 0 Å². The Morgan fingerprint density at radius 2 is 1.62 bits per heavy atom. The van der Waals surface area contributed by atoms with E-state index in [4.69, 9.17) is 17.5 Å². The molecule has 0 aromatic rings. The highest BCUT2D eigenvalue weighted by Crippen LogP contribution is 2.12. The molecular formula is C6H18N2O5S3. The molecule has 7 nitrogen and oxygen atoms in total. The standard InChI is InChI=1S/C6H10OS2.2H3N.H2O4S/c1-3-5-8-9(7)6-4-2;;;1-5(2,3)4/h3-4H,1-2,5-6H2;2*1H3;(H2,1,2,3,4). The lowest BCUT2D eigenvalue weighted by Crippen LogP contribution is -1.97. The zero-order valence-corrected chi connectivity index (χ0v) is 11.2. The molecule has 0 saturated carbocycles. The molecule has 1 atom stereocenters. The molecule has 10 heteroatoms. The monoisotopic (exact) mass is 294 g/mol. The predicted molar refractivity (Wildman–Crippen MR) is 70.1 cm³/mol. The fourth-order valence-electron chi connectivity index (χ4n) is 0.268. The van der Waals surface area contributed by atoms with Crippen molar-refractivity contribution in [3.8, 4) is 0 Å². The van der Waals surface area contributed by atoms with Gasteiger partial charge in [-0.25, -0.2) is 0 Å². The van der Waals surface area contributed by atoms with Crippen LogP contribution in [0.3, 0.4) is 0 Å². The Balaban J connectivity index is -0.0000000904. The SMILES string of the molecule is C=CCS[S+]([O-])CC=C.N.N.O=S(=O)(O)O. The Morgan fingerprint density at radius 1 is 1.25 bits per heavy atom. The van der Waals surface area contributed by atoms with Gasteiger partial charge in [0, 0.05) is 10.2 Å². The van der Waals surface area contributed by atoms with Crippen LogP contribution in [0.4, 0.5) is 0 Å². The molecule has 1 unspecified atom stereocenters. The summed E-state index contributed by atoms with van der Waals surface area (Å²) in [5, 5.41) is 0. The highest BCUT2D eigenvalue weighted by atomic mass is 33.1. The summed E-state index contributed by atoms with van der Waals surface area (Å²) in [6.07, 6.45) is 3.40. The first-order valence-corrected chi connectivity index (χ1v) is 7.46. The van der Waals surface area contributed by atoms with E-state index >= 15 is 0 Å². The van der Waals surface area contributed by atoms with Crippen LogP contribution in [0.5, 0.6) is 0 Å². The highest BCUT2D eigenvalue weighted by Gasteiger charge is 2.01. The van der Waals surface area contributed by atoms with Gasteiger partial charge < -0.3 is 16.9 Å². The van der Waals surface area contributed by atoms with Crippen molar-refractivity contribution in [3.63, 3.8) is 0 Å². The molecule has 0 bridgehead atoms. The number of hydrogen-bond acceptors (Lipinski definition) is 6. The van der Waals surface area contributed by atoms with Gasteiger partial charge in [0.25, 0.3) is 0 Å².